The molecule has 6 rings (SSSR count). The molecule has 6 aliphatic rings. The second-order valence-electron chi connectivity index (χ2n) is 14.3. The molecule has 4 aliphatic carbocycles. The Hall–Kier alpha value is -1.52. The summed E-state index contributed by atoms with van der Waals surface area (Å²) in [4.78, 5) is 24.2. The van der Waals surface area contributed by atoms with Gasteiger partial charge in [-0.15, -0.1) is 0 Å². The molecular weight excluding hydrogens is 528 g/mol. The first-order valence-corrected chi connectivity index (χ1v) is 15.7. The van der Waals surface area contributed by atoms with E-state index in [0.717, 1.165) is 50.5 Å². The van der Waals surface area contributed by atoms with Gasteiger partial charge in [-0.3, -0.25) is 4.79 Å². The van der Waals surface area contributed by atoms with Crippen molar-refractivity contribution in [3.8, 4) is 0 Å². The van der Waals surface area contributed by atoms with E-state index in [1.165, 1.54) is 6.92 Å². The average molecular weight is 577 g/mol. The molecule has 9 heteroatoms. The van der Waals surface area contributed by atoms with Gasteiger partial charge in [0, 0.05) is 44.3 Å². The van der Waals surface area contributed by atoms with E-state index < -0.39 is 23.2 Å². The van der Waals surface area contributed by atoms with Crippen LogP contribution in [0.5, 0.6) is 0 Å². The lowest BCUT2D eigenvalue weighted by Gasteiger charge is -2.63. The number of methoxy groups -OCH3 is 1. The van der Waals surface area contributed by atoms with Gasteiger partial charge in [0.1, 0.15) is 18.8 Å². The Morgan fingerprint density at radius 2 is 1.85 bits per heavy atom. The second kappa shape index (κ2) is 10.6. The molecule has 0 aromatic carbocycles. The first-order valence-electron chi connectivity index (χ1n) is 15.7. The summed E-state index contributed by atoms with van der Waals surface area (Å²) in [6, 6.07) is 0. The third-order valence-electron chi connectivity index (χ3n) is 12.5. The summed E-state index contributed by atoms with van der Waals surface area (Å²) < 4.78 is 29.1. The molecule has 0 radical (unpaired) electrons. The van der Waals surface area contributed by atoms with E-state index in [4.69, 9.17) is 23.7 Å². The second-order valence-corrected chi connectivity index (χ2v) is 14.3. The summed E-state index contributed by atoms with van der Waals surface area (Å²) in [5, 5.41) is 23.0. The number of aliphatic hydroxyl groups excluding tert-OH is 1. The number of cyclic esters (lactones) is 1. The molecule has 2 aliphatic heterocycles. The third kappa shape index (κ3) is 4.69. The van der Waals surface area contributed by atoms with Gasteiger partial charge in [-0.2, -0.15) is 0 Å². The number of aliphatic hydroxyl groups is 2. The summed E-state index contributed by atoms with van der Waals surface area (Å²) in [7, 11) is 1.62. The number of esters is 2. The van der Waals surface area contributed by atoms with Crippen molar-refractivity contribution in [2.75, 3.05) is 13.7 Å². The van der Waals surface area contributed by atoms with Crippen molar-refractivity contribution in [3.05, 3.63) is 11.6 Å². The zero-order chi connectivity index (χ0) is 29.3. The average Bonchev–Trinajstić information content (AvgIpc) is 3.42. The van der Waals surface area contributed by atoms with E-state index in [-0.39, 0.29) is 60.4 Å². The van der Waals surface area contributed by atoms with Crippen LogP contribution in [0.4, 0.5) is 0 Å². The van der Waals surface area contributed by atoms with Crippen molar-refractivity contribution in [1.82, 2.24) is 0 Å². The quantitative estimate of drug-likeness (QED) is 0.373. The van der Waals surface area contributed by atoms with Crippen LogP contribution in [0.15, 0.2) is 11.6 Å². The maximum atomic E-state index is 12.7. The molecule has 2 heterocycles. The first-order chi connectivity index (χ1) is 19.4. The first kappa shape index (κ1) is 29.5. The monoisotopic (exact) mass is 576 g/mol. The molecule has 0 spiro atoms. The highest BCUT2D eigenvalue weighted by atomic mass is 16.7. The van der Waals surface area contributed by atoms with Gasteiger partial charge in [0.15, 0.2) is 6.29 Å². The number of ether oxygens (including phenoxy) is 5. The summed E-state index contributed by atoms with van der Waals surface area (Å²) in [5.41, 5.74) is -0.559. The Morgan fingerprint density at radius 1 is 1.07 bits per heavy atom. The zero-order valence-corrected chi connectivity index (χ0v) is 25.2. The molecule has 0 amide bonds. The standard InChI is InChI=1S/C32H48O9/c1-17-29(35)24(37-5)14-27(39-17)41-21-8-10-30(3)20(13-21)6-7-23-22(30)9-11-31(4)28(19-12-26(34)38-16-19)25(40-18(2)33)15-32(23,31)36/h12,17,20-25,27-29,35-36H,6-11,13-16H2,1-5H3/t17?,20?,21?,22?,23?,24?,25?,27?,28?,29?,30?,31?,32-/m1/s1. The van der Waals surface area contributed by atoms with Crippen molar-refractivity contribution in [1.29, 1.82) is 0 Å². The van der Waals surface area contributed by atoms with Crippen LogP contribution in [-0.4, -0.2) is 78.3 Å². The van der Waals surface area contributed by atoms with Crippen LogP contribution in [0, 0.1) is 34.5 Å². The van der Waals surface area contributed by atoms with Gasteiger partial charge in [-0.25, -0.2) is 4.79 Å². The highest BCUT2D eigenvalue weighted by Crippen LogP contribution is 2.70. The molecule has 5 fully saturated rings. The summed E-state index contributed by atoms with van der Waals surface area (Å²) in [6.07, 6.45) is 7.14. The lowest BCUT2D eigenvalue weighted by atomic mass is 9.43. The van der Waals surface area contributed by atoms with Gasteiger partial charge in [0.05, 0.1) is 23.9 Å². The van der Waals surface area contributed by atoms with Crippen molar-refractivity contribution in [3.63, 3.8) is 0 Å². The lowest BCUT2D eigenvalue weighted by molar-refractivity contribution is -0.273. The van der Waals surface area contributed by atoms with Gasteiger partial charge in [0.2, 0.25) is 0 Å². The minimum Gasteiger partial charge on any atom is -0.462 e. The van der Waals surface area contributed by atoms with Gasteiger partial charge in [-0.05, 0) is 80.6 Å². The zero-order valence-electron chi connectivity index (χ0n) is 25.2. The predicted molar refractivity (Wildman–Crippen MR) is 147 cm³/mol. The van der Waals surface area contributed by atoms with Crippen molar-refractivity contribution in [2.45, 2.75) is 128 Å². The third-order valence-corrected chi connectivity index (χ3v) is 12.5. The largest absolute Gasteiger partial charge is 0.462 e. The molecule has 230 valence electrons. The molecule has 13 atom stereocenters. The molecule has 2 N–H and O–H groups in total. The van der Waals surface area contributed by atoms with E-state index in [2.05, 4.69) is 13.8 Å². The normalized spacial score (nSPS) is 51.2. The Morgan fingerprint density at radius 3 is 2.54 bits per heavy atom. The molecular formula is C32H48O9. The summed E-state index contributed by atoms with van der Waals surface area (Å²) >= 11 is 0. The smallest absolute Gasteiger partial charge is 0.331 e. The van der Waals surface area contributed by atoms with Crippen LogP contribution >= 0.6 is 0 Å². The van der Waals surface area contributed by atoms with Crippen LogP contribution in [0.2, 0.25) is 0 Å². The Bertz CT molecular complexity index is 1080. The van der Waals surface area contributed by atoms with Crippen LogP contribution in [0.3, 0.4) is 0 Å². The van der Waals surface area contributed by atoms with Gasteiger partial charge < -0.3 is 33.9 Å². The lowest BCUT2D eigenvalue weighted by Crippen LogP contribution is -2.62. The highest BCUT2D eigenvalue weighted by molar-refractivity contribution is 5.85. The number of carbonyl (C=O) groups excluding carboxylic acids is 2. The van der Waals surface area contributed by atoms with Crippen LogP contribution in [0.1, 0.15) is 85.5 Å². The SMILES string of the molecule is COC1CC(OC2CCC3(C)C(CCC4C3CCC3(C)C(C5=CC(=O)OC5)C(OC(C)=O)C[C@@]43O)C2)OC(C)C1O. The molecule has 4 saturated carbocycles. The number of rotatable bonds is 5. The highest BCUT2D eigenvalue weighted by Gasteiger charge is 2.71. The van der Waals surface area contributed by atoms with Gasteiger partial charge >= 0.3 is 11.9 Å². The minimum absolute atomic E-state index is 0.0898. The van der Waals surface area contributed by atoms with Crippen LogP contribution < -0.4 is 0 Å². The van der Waals surface area contributed by atoms with E-state index in [1.54, 1.807) is 13.2 Å². The molecule has 12 unspecified atom stereocenters. The van der Waals surface area contributed by atoms with E-state index >= 15 is 0 Å². The number of hydrogen-bond acceptors (Lipinski definition) is 9. The Balaban J connectivity index is 1.19. The maximum Gasteiger partial charge on any atom is 0.331 e. The molecule has 41 heavy (non-hydrogen) atoms. The molecule has 1 saturated heterocycles. The van der Waals surface area contributed by atoms with E-state index in [1.807, 2.05) is 6.92 Å². The summed E-state index contributed by atoms with van der Waals surface area (Å²) in [5.74, 6) is 0.0175. The number of carbonyl (C=O) groups is 2. The maximum absolute atomic E-state index is 12.7. The van der Waals surface area contributed by atoms with Crippen LogP contribution in [0.25, 0.3) is 0 Å². The number of hydrogen-bond donors (Lipinski definition) is 2. The van der Waals surface area contributed by atoms with E-state index in [9.17, 15) is 19.8 Å². The van der Waals surface area contributed by atoms with Crippen molar-refractivity contribution >= 4 is 11.9 Å². The fraction of sp³-hybridized carbons (Fsp3) is 0.875. The fourth-order valence-corrected chi connectivity index (χ4v) is 10.4. The van der Waals surface area contributed by atoms with Crippen molar-refractivity contribution < 1.29 is 43.5 Å². The number of fused-ring (bicyclic) bond motifs is 5. The fourth-order valence-electron chi connectivity index (χ4n) is 10.4. The van der Waals surface area contributed by atoms with E-state index in [0.29, 0.717) is 24.7 Å². The molecule has 0 bridgehead atoms. The Labute approximate surface area is 243 Å². The Kier molecular flexibility index (Phi) is 7.62. The molecule has 0 aromatic heterocycles. The molecule has 0 aromatic rings. The predicted octanol–water partition coefficient (Wildman–Crippen LogP) is 3.68. The molecule has 9 nitrogen and oxygen atoms in total. The van der Waals surface area contributed by atoms with Crippen molar-refractivity contribution in [2.24, 2.45) is 34.5 Å². The topological polar surface area (TPSA) is 121 Å². The van der Waals surface area contributed by atoms with Crippen LogP contribution in [-0.2, 0) is 33.3 Å². The minimum atomic E-state index is -0.990. The van der Waals surface area contributed by atoms with Gasteiger partial charge in [0.25, 0.3) is 0 Å². The summed E-state index contributed by atoms with van der Waals surface area (Å²) in [6.45, 7) is 8.06. The van der Waals surface area contributed by atoms with Gasteiger partial charge in [-0.1, -0.05) is 13.8 Å².